The normalized spacial score (nSPS) is 10.6. The molecule has 0 spiro atoms. The van der Waals surface area contributed by atoms with E-state index in [1.54, 1.807) is 6.20 Å². The number of nitrogens with zero attached hydrogens (tertiary/aromatic N) is 1. The van der Waals surface area contributed by atoms with E-state index in [0.29, 0.717) is 0 Å². The highest BCUT2D eigenvalue weighted by Gasteiger charge is 2.03. The Kier molecular flexibility index (Phi) is 3.09. The molecule has 2 aromatic carbocycles. The number of anilines is 3. The van der Waals surface area contributed by atoms with Crippen LogP contribution in [0.15, 0.2) is 59.2 Å². The third kappa shape index (κ3) is 2.53. The Morgan fingerprint density at radius 3 is 2.79 bits per heavy atom. The van der Waals surface area contributed by atoms with Crippen LogP contribution >= 0.6 is 15.9 Å². The highest BCUT2D eigenvalue weighted by molar-refractivity contribution is 9.10. The maximum atomic E-state index is 5.78. The van der Waals surface area contributed by atoms with Gasteiger partial charge in [0.2, 0.25) is 0 Å². The minimum absolute atomic E-state index is 0.722. The number of hydrogen-bond acceptors (Lipinski definition) is 3. The van der Waals surface area contributed by atoms with Crippen molar-refractivity contribution in [3.63, 3.8) is 0 Å². The summed E-state index contributed by atoms with van der Waals surface area (Å²) in [4.78, 5) is 4.33. The van der Waals surface area contributed by atoms with E-state index in [0.717, 1.165) is 32.4 Å². The van der Waals surface area contributed by atoms with Crippen LogP contribution in [-0.4, -0.2) is 4.98 Å². The first-order valence-corrected chi connectivity index (χ1v) is 6.68. The Balaban J connectivity index is 2.06. The summed E-state index contributed by atoms with van der Waals surface area (Å²) in [5.41, 5.74) is 9.43. The molecule has 0 bridgehead atoms. The summed E-state index contributed by atoms with van der Waals surface area (Å²) in [7, 11) is 0. The Morgan fingerprint density at radius 1 is 1.05 bits per heavy atom. The fourth-order valence-corrected chi connectivity index (χ4v) is 2.40. The van der Waals surface area contributed by atoms with Gasteiger partial charge in [-0.25, -0.2) is 0 Å². The topological polar surface area (TPSA) is 50.9 Å². The van der Waals surface area contributed by atoms with E-state index < -0.39 is 0 Å². The van der Waals surface area contributed by atoms with Gasteiger partial charge < -0.3 is 11.1 Å². The van der Waals surface area contributed by atoms with Crippen LogP contribution in [0, 0.1) is 0 Å². The zero-order chi connectivity index (χ0) is 13.2. The van der Waals surface area contributed by atoms with Gasteiger partial charge >= 0.3 is 0 Å². The molecule has 0 saturated carbocycles. The minimum atomic E-state index is 0.722. The Morgan fingerprint density at radius 2 is 1.95 bits per heavy atom. The van der Waals surface area contributed by atoms with Crippen molar-refractivity contribution < 1.29 is 0 Å². The number of nitrogens with one attached hydrogen (secondary N) is 1. The van der Waals surface area contributed by atoms with Crippen molar-refractivity contribution in [2.45, 2.75) is 0 Å². The van der Waals surface area contributed by atoms with Gasteiger partial charge in [-0.2, -0.15) is 0 Å². The van der Waals surface area contributed by atoms with Gasteiger partial charge in [-0.3, -0.25) is 4.98 Å². The van der Waals surface area contributed by atoms with Crippen LogP contribution in [0.25, 0.3) is 10.9 Å². The first-order chi connectivity index (χ1) is 9.22. The first-order valence-electron chi connectivity index (χ1n) is 5.89. The lowest BCUT2D eigenvalue weighted by atomic mass is 10.1. The molecular weight excluding hydrogens is 302 g/mol. The van der Waals surface area contributed by atoms with Gasteiger partial charge in [0, 0.05) is 33.1 Å². The van der Waals surface area contributed by atoms with Crippen LogP contribution in [0.3, 0.4) is 0 Å². The van der Waals surface area contributed by atoms with Crippen LogP contribution < -0.4 is 11.1 Å². The van der Waals surface area contributed by atoms with Gasteiger partial charge in [-0.05, 0) is 42.5 Å². The third-order valence-corrected chi connectivity index (χ3v) is 3.36. The zero-order valence-corrected chi connectivity index (χ0v) is 11.7. The molecule has 1 aromatic heterocycles. The Hall–Kier alpha value is -2.07. The molecule has 0 amide bonds. The van der Waals surface area contributed by atoms with Crippen molar-refractivity contribution >= 4 is 43.9 Å². The maximum absolute atomic E-state index is 5.78. The lowest BCUT2D eigenvalue weighted by Crippen LogP contribution is -1.93. The molecule has 3 N–H and O–H groups in total. The van der Waals surface area contributed by atoms with Crippen LogP contribution in [0.1, 0.15) is 0 Å². The van der Waals surface area contributed by atoms with E-state index in [1.807, 2.05) is 48.5 Å². The fourth-order valence-electron chi connectivity index (χ4n) is 2.00. The van der Waals surface area contributed by atoms with Gasteiger partial charge in [0.05, 0.1) is 5.52 Å². The molecule has 3 rings (SSSR count). The number of hydrogen-bond donors (Lipinski definition) is 2. The SMILES string of the molecule is Nc1ccc2c(Nc3cccc(Br)c3)ccnc2c1. The van der Waals surface area contributed by atoms with Crippen molar-refractivity contribution in [3.8, 4) is 0 Å². The van der Waals surface area contributed by atoms with Crippen LogP contribution in [0.2, 0.25) is 0 Å². The Labute approximate surface area is 119 Å². The van der Waals surface area contributed by atoms with Crippen molar-refractivity contribution in [2.24, 2.45) is 0 Å². The number of pyridine rings is 1. The second kappa shape index (κ2) is 4.90. The van der Waals surface area contributed by atoms with E-state index in [1.165, 1.54) is 0 Å². The minimum Gasteiger partial charge on any atom is -0.399 e. The Bertz CT molecular complexity index is 740. The van der Waals surface area contributed by atoms with E-state index in [9.17, 15) is 0 Å². The molecule has 19 heavy (non-hydrogen) atoms. The summed E-state index contributed by atoms with van der Waals surface area (Å²) in [6.07, 6.45) is 1.78. The quantitative estimate of drug-likeness (QED) is 0.693. The molecule has 0 radical (unpaired) electrons. The predicted octanol–water partition coefficient (Wildman–Crippen LogP) is 4.32. The number of benzene rings is 2. The summed E-state index contributed by atoms with van der Waals surface area (Å²) in [6.45, 7) is 0. The van der Waals surface area contributed by atoms with Gasteiger partial charge in [-0.15, -0.1) is 0 Å². The molecule has 1 heterocycles. The molecular formula is C15H12BrN3. The van der Waals surface area contributed by atoms with E-state index in [4.69, 9.17) is 5.73 Å². The van der Waals surface area contributed by atoms with E-state index in [2.05, 4.69) is 26.2 Å². The molecule has 94 valence electrons. The smallest absolute Gasteiger partial charge is 0.0743 e. The molecule has 0 saturated heterocycles. The molecule has 3 aromatic rings. The predicted molar refractivity (Wildman–Crippen MR) is 83.6 cm³/mol. The van der Waals surface area contributed by atoms with Crippen molar-refractivity contribution in [1.82, 2.24) is 4.98 Å². The highest BCUT2D eigenvalue weighted by atomic mass is 79.9. The number of rotatable bonds is 2. The second-order valence-electron chi connectivity index (χ2n) is 4.27. The standard InChI is InChI=1S/C15H12BrN3/c16-10-2-1-3-12(8-10)19-14-6-7-18-15-9-11(17)4-5-13(14)15/h1-9H,17H2,(H,18,19). The first kappa shape index (κ1) is 12.0. The van der Waals surface area contributed by atoms with Gasteiger partial charge in [0.15, 0.2) is 0 Å². The van der Waals surface area contributed by atoms with Crippen LogP contribution in [0.4, 0.5) is 17.1 Å². The molecule has 0 aliphatic carbocycles. The summed E-state index contributed by atoms with van der Waals surface area (Å²) < 4.78 is 1.04. The monoisotopic (exact) mass is 313 g/mol. The molecule has 3 nitrogen and oxygen atoms in total. The number of aromatic nitrogens is 1. The average Bonchev–Trinajstić information content (AvgIpc) is 2.38. The van der Waals surface area contributed by atoms with Crippen LogP contribution in [-0.2, 0) is 0 Å². The van der Waals surface area contributed by atoms with Crippen molar-refractivity contribution in [1.29, 1.82) is 0 Å². The zero-order valence-electron chi connectivity index (χ0n) is 10.1. The lowest BCUT2D eigenvalue weighted by Gasteiger charge is -2.10. The molecule has 4 heteroatoms. The fraction of sp³-hybridized carbons (Fsp3) is 0. The molecule has 0 aliphatic heterocycles. The summed E-state index contributed by atoms with van der Waals surface area (Å²) in [6, 6.07) is 15.7. The number of halogens is 1. The number of fused-ring (bicyclic) bond motifs is 1. The van der Waals surface area contributed by atoms with E-state index in [-0.39, 0.29) is 0 Å². The van der Waals surface area contributed by atoms with Gasteiger partial charge in [-0.1, -0.05) is 22.0 Å². The number of nitrogens with two attached hydrogens (primary N) is 1. The molecule has 0 atom stereocenters. The third-order valence-electron chi connectivity index (χ3n) is 2.87. The van der Waals surface area contributed by atoms with Crippen molar-refractivity contribution in [3.05, 3.63) is 59.2 Å². The molecule has 0 fully saturated rings. The summed E-state index contributed by atoms with van der Waals surface area (Å²) in [5.74, 6) is 0. The van der Waals surface area contributed by atoms with Gasteiger partial charge in [0.25, 0.3) is 0 Å². The average molecular weight is 314 g/mol. The largest absolute Gasteiger partial charge is 0.399 e. The summed E-state index contributed by atoms with van der Waals surface area (Å²) in [5, 5.41) is 4.45. The number of nitrogen functional groups attached to an aromatic ring is 1. The van der Waals surface area contributed by atoms with E-state index >= 15 is 0 Å². The van der Waals surface area contributed by atoms with Gasteiger partial charge in [0.1, 0.15) is 0 Å². The van der Waals surface area contributed by atoms with Crippen LogP contribution in [0.5, 0.6) is 0 Å². The highest BCUT2D eigenvalue weighted by Crippen LogP contribution is 2.27. The second-order valence-corrected chi connectivity index (χ2v) is 5.19. The summed E-state index contributed by atoms with van der Waals surface area (Å²) >= 11 is 3.47. The lowest BCUT2D eigenvalue weighted by molar-refractivity contribution is 1.40. The van der Waals surface area contributed by atoms with Crippen molar-refractivity contribution in [2.75, 3.05) is 11.1 Å². The maximum Gasteiger partial charge on any atom is 0.0743 e. The molecule has 0 unspecified atom stereocenters. The molecule has 0 aliphatic rings.